The first kappa shape index (κ1) is 21.8. The molecule has 0 aromatic carbocycles. The van der Waals surface area contributed by atoms with Gasteiger partial charge in [-0.15, -0.1) is 10.2 Å². The number of amides is 1. The Balaban J connectivity index is 1.43. The topological polar surface area (TPSA) is 116 Å². The summed E-state index contributed by atoms with van der Waals surface area (Å²) in [7, 11) is 0. The Kier molecular flexibility index (Phi) is 6.09. The molecule has 34 heavy (non-hydrogen) atoms. The van der Waals surface area contributed by atoms with Crippen LogP contribution in [0.25, 0.3) is 11.5 Å². The molecule has 0 saturated heterocycles. The van der Waals surface area contributed by atoms with Crippen LogP contribution in [0.2, 0.25) is 0 Å². The maximum Gasteiger partial charge on any atom is 0.312 e. The SMILES string of the molecule is CCC1=CC=C/C(=C/C[C@H]2c3nc[nH]c3CCN2C(=O)c2nnc(-c3cccnc3)o2)N1N=S. The number of imidazole rings is 1. The van der Waals surface area contributed by atoms with Crippen molar-refractivity contribution >= 4 is 18.3 Å². The van der Waals surface area contributed by atoms with E-state index in [1.165, 1.54) is 0 Å². The molecule has 11 heteroatoms. The van der Waals surface area contributed by atoms with Gasteiger partial charge >= 0.3 is 11.8 Å². The Morgan fingerprint density at radius 2 is 2.32 bits per heavy atom. The number of allylic oxidation sites excluding steroid dienone is 4. The van der Waals surface area contributed by atoms with Crippen LogP contribution in [0.5, 0.6) is 0 Å². The van der Waals surface area contributed by atoms with Crippen molar-refractivity contribution in [3.05, 3.63) is 83.8 Å². The Labute approximate surface area is 201 Å². The zero-order valence-corrected chi connectivity index (χ0v) is 19.3. The van der Waals surface area contributed by atoms with Crippen LogP contribution < -0.4 is 0 Å². The van der Waals surface area contributed by atoms with Crippen molar-refractivity contribution in [2.24, 2.45) is 4.47 Å². The predicted octanol–water partition coefficient (Wildman–Crippen LogP) is 3.68. The van der Waals surface area contributed by atoms with E-state index in [9.17, 15) is 4.79 Å². The minimum Gasteiger partial charge on any atom is -0.412 e. The number of rotatable bonds is 6. The monoisotopic (exact) mass is 474 g/mol. The van der Waals surface area contributed by atoms with Gasteiger partial charge in [-0.1, -0.05) is 23.5 Å². The first-order valence-corrected chi connectivity index (χ1v) is 11.3. The minimum absolute atomic E-state index is 0.0635. The second-order valence-corrected chi connectivity index (χ2v) is 7.98. The molecule has 0 unspecified atom stereocenters. The molecule has 1 amide bonds. The number of aromatic nitrogens is 5. The largest absolute Gasteiger partial charge is 0.412 e. The molecule has 10 nitrogen and oxygen atoms in total. The lowest BCUT2D eigenvalue weighted by atomic mass is 9.98. The third-order valence-corrected chi connectivity index (χ3v) is 6.05. The quantitative estimate of drug-likeness (QED) is 0.575. The van der Waals surface area contributed by atoms with Crippen molar-refractivity contribution in [1.29, 1.82) is 0 Å². The van der Waals surface area contributed by atoms with Crippen molar-refractivity contribution in [3.63, 3.8) is 0 Å². The average Bonchev–Trinajstić information content (AvgIpc) is 3.57. The van der Waals surface area contributed by atoms with Gasteiger partial charge in [0.2, 0.25) is 5.89 Å². The summed E-state index contributed by atoms with van der Waals surface area (Å²) in [6.07, 6.45) is 14.9. The van der Waals surface area contributed by atoms with Gasteiger partial charge in [-0.05, 0) is 37.1 Å². The molecule has 0 saturated carbocycles. The summed E-state index contributed by atoms with van der Waals surface area (Å²) >= 11 is 5.01. The van der Waals surface area contributed by atoms with Gasteiger partial charge < -0.3 is 14.3 Å². The Morgan fingerprint density at radius 3 is 3.12 bits per heavy atom. The lowest BCUT2D eigenvalue weighted by molar-refractivity contribution is 0.0616. The molecular weight excluding hydrogens is 452 g/mol. The highest BCUT2D eigenvalue weighted by atomic mass is 32.1. The van der Waals surface area contributed by atoms with Crippen LogP contribution in [-0.4, -0.2) is 47.5 Å². The summed E-state index contributed by atoms with van der Waals surface area (Å²) in [6, 6.07) is 3.26. The molecule has 3 aromatic rings. The van der Waals surface area contributed by atoms with Crippen LogP contribution in [0, 0.1) is 0 Å². The van der Waals surface area contributed by atoms with Crippen LogP contribution >= 0.6 is 0 Å². The van der Waals surface area contributed by atoms with Gasteiger partial charge in [0.05, 0.1) is 41.7 Å². The van der Waals surface area contributed by atoms with Gasteiger partial charge in [0.25, 0.3) is 0 Å². The zero-order chi connectivity index (χ0) is 23.5. The Hall–Kier alpha value is -3.99. The third-order valence-electron chi connectivity index (χ3n) is 5.89. The molecule has 0 fully saturated rings. The van der Waals surface area contributed by atoms with E-state index >= 15 is 0 Å². The van der Waals surface area contributed by atoms with E-state index in [4.69, 9.17) is 16.8 Å². The summed E-state index contributed by atoms with van der Waals surface area (Å²) in [4.78, 5) is 26.9. The number of pyridine rings is 1. The zero-order valence-electron chi connectivity index (χ0n) is 18.5. The number of hydrogen-bond donors (Lipinski definition) is 1. The lowest BCUT2D eigenvalue weighted by Gasteiger charge is -2.34. The molecule has 3 aromatic heterocycles. The third kappa shape index (κ3) is 4.05. The smallest absolute Gasteiger partial charge is 0.312 e. The summed E-state index contributed by atoms with van der Waals surface area (Å²) in [5.41, 5.74) is 4.37. The van der Waals surface area contributed by atoms with Crippen molar-refractivity contribution in [3.8, 4) is 11.5 Å². The highest BCUT2D eigenvalue weighted by molar-refractivity contribution is 7.47. The fraction of sp³-hybridized carbons (Fsp3) is 0.261. The van der Waals surface area contributed by atoms with Crippen LogP contribution in [0.3, 0.4) is 0 Å². The summed E-state index contributed by atoms with van der Waals surface area (Å²) in [6.45, 7) is 2.55. The van der Waals surface area contributed by atoms with Crippen LogP contribution in [-0.2, 0) is 18.8 Å². The van der Waals surface area contributed by atoms with E-state index in [0.29, 0.717) is 24.9 Å². The molecule has 2 aliphatic heterocycles. The van der Waals surface area contributed by atoms with E-state index in [-0.39, 0.29) is 23.7 Å². The molecule has 0 bridgehead atoms. The van der Waals surface area contributed by atoms with Gasteiger partial charge in [-0.3, -0.25) is 9.78 Å². The summed E-state index contributed by atoms with van der Waals surface area (Å²) < 4.78 is 9.71. The van der Waals surface area contributed by atoms with Crippen molar-refractivity contribution in [2.75, 3.05) is 6.54 Å². The second kappa shape index (κ2) is 9.48. The lowest BCUT2D eigenvalue weighted by Crippen LogP contribution is -2.40. The Morgan fingerprint density at radius 1 is 1.41 bits per heavy atom. The molecule has 1 atom stereocenters. The van der Waals surface area contributed by atoms with E-state index in [1.807, 2.05) is 24.3 Å². The fourth-order valence-corrected chi connectivity index (χ4v) is 4.39. The second-order valence-electron chi connectivity index (χ2n) is 7.81. The number of carbonyl (C=O) groups is 1. The number of nitrogens with one attached hydrogen (secondary N) is 1. The summed E-state index contributed by atoms with van der Waals surface area (Å²) in [5, 5.41) is 9.79. The van der Waals surface area contributed by atoms with Gasteiger partial charge in [-0.25, -0.2) is 9.99 Å². The number of aromatic amines is 1. The molecule has 0 aliphatic carbocycles. The standard InChI is InChI=1S/C23H22N8O2S/c1-2-16-6-3-7-17(31(16)29-34)8-9-19-20-18(25-14-26-20)10-12-30(19)23(32)22-28-27-21(33-22)15-5-4-11-24-13-15/h3-8,11,13-14,19H,2,9-10,12H2,1H3,(H,25,26)/b17-8-/t19-/m0/s1. The maximum absolute atomic E-state index is 13.4. The molecular formula is C23H22N8O2S. The first-order valence-electron chi connectivity index (χ1n) is 11.0. The number of nitrogens with zero attached hydrogens (tertiary/aromatic N) is 7. The van der Waals surface area contributed by atoms with Gasteiger partial charge in [0, 0.05) is 36.8 Å². The molecule has 5 heterocycles. The van der Waals surface area contributed by atoms with E-state index in [2.05, 4.69) is 36.5 Å². The Bertz CT molecular complexity index is 1290. The number of hydrogen-bond acceptors (Lipinski definition) is 8. The number of carbonyl (C=O) groups excluding carboxylic acids is 1. The van der Waals surface area contributed by atoms with E-state index in [1.54, 1.807) is 40.8 Å². The van der Waals surface area contributed by atoms with Gasteiger partial charge in [0.1, 0.15) is 0 Å². The van der Waals surface area contributed by atoms with Crippen LogP contribution in [0.1, 0.15) is 47.9 Å². The van der Waals surface area contributed by atoms with Crippen molar-refractivity contribution in [2.45, 2.75) is 32.2 Å². The van der Waals surface area contributed by atoms with Gasteiger partial charge in [0.15, 0.2) is 0 Å². The number of H-pyrrole nitrogens is 1. The maximum atomic E-state index is 13.4. The normalized spacial score (nSPS) is 18.7. The molecule has 2 aliphatic rings. The fourth-order valence-electron chi connectivity index (χ4n) is 4.19. The van der Waals surface area contributed by atoms with Crippen LogP contribution in [0.4, 0.5) is 0 Å². The highest BCUT2D eigenvalue weighted by Crippen LogP contribution is 2.33. The summed E-state index contributed by atoms with van der Waals surface area (Å²) in [5.74, 6) is -0.147. The number of fused-ring (bicyclic) bond motifs is 1. The molecule has 5 rings (SSSR count). The van der Waals surface area contributed by atoms with E-state index < -0.39 is 0 Å². The predicted molar refractivity (Wildman–Crippen MR) is 125 cm³/mol. The van der Waals surface area contributed by atoms with Gasteiger partial charge in [-0.2, -0.15) is 0 Å². The molecule has 172 valence electrons. The van der Waals surface area contributed by atoms with E-state index in [0.717, 1.165) is 29.2 Å². The molecule has 0 radical (unpaired) electrons. The first-order chi connectivity index (χ1) is 16.7. The van der Waals surface area contributed by atoms with Crippen molar-refractivity contribution < 1.29 is 9.21 Å². The molecule has 1 N–H and O–H groups in total. The molecule has 0 spiro atoms. The highest BCUT2D eigenvalue weighted by Gasteiger charge is 2.35. The average molecular weight is 475 g/mol. The minimum atomic E-state index is -0.335. The van der Waals surface area contributed by atoms with Crippen molar-refractivity contribution in [1.82, 2.24) is 35.1 Å². The van der Waals surface area contributed by atoms with Crippen LogP contribution in [0.15, 0.2) is 75.4 Å².